The number of thiophene rings is 1. The zero-order valence-electron chi connectivity index (χ0n) is 18.2. The average Bonchev–Trinajstić information content (AvgIpc) is 3.30. The van der Waals surface area contributed by atoms with Crippen LogP contribution in [0.3, 0.4) is 0 Å². The van der Waals surface area contributed by atoms with E-state index < -0.39 is 48.4 Å². The van der Waals surface area contributed by atoms with Gasteiger partial charge in [0, 0.05) is 15.2 Å². The maximum atomic E-state index is 15.0. The van der Waals surface area contributed by atoms with E-state index in [2.05, 4.69) is 0 Å². The molecule has 2 heterocycles. The molecule has 5 atom stereocenters. The van der Waals surface area contributed by atoms with Gasteiger partial charge in [-0.05, 0) is 53.1 Å². The van der Waals surface area contributed by atoms with Gasteiger partial charge in [-0.25, -0.2) is 8.78 Å². The van der Waals surface area contributed by atoms with Crippen molar-refractivity contribution in [3.05, 3.63) is 82.2 Å². The molecule has 1 aliphatic rings. The third-order valence-corrected chi connectivity index (χ3v) is 7.69. The SMILES string of the molecule is CC(C)(c1ccc(-c2ccc(F)cc2)s1)c1cc([C@@H]2O[C@H](CO)[C@@H](O)[C@H](O)[C@H]2O)ccc1F. The van der Waals surface area contributed by atoms with Crippen molar-refractivity contribution in [3.63, 3.8) is 0 Å². The fraction of sp³-hybridized carbons (Fsp3) is 0.360. The number of halogens is 2. The number of hydrogen-bond donors (Lipinski definition) is 4. The van der Waals surface area contributed by atoms with Crippen LogP contribution in [-0.2, 0) is 10.2 Å². The van der Waals surface area contributed by atoms with Gasteiger partial charge in [0.25, 0.3) is 0 Å². The largest absolute Gasteiger partial charge is 0.394 e. The summed E-state index contributed by atoms with van der Waals surface area (Å²) in [6.07, 6.45) is -6.53. The van der Waals surface area contributed by atoms with Crippen molar-refractivity contribution < 1.29 is 33.9 Å². The molecule has 3 aromatic rings. The smallest absolute Gasteiger partial charge is 0.127 e. The summed E-state index contributed by atoms with van der Waals surface area (Å²) >= 11 is 1.47. The summed E-state index contributed by atoms with van der Waals surface area (Å²) in [5.41, 5.74) is 0.895. The molecular formula is C25H26F2O5S. The monoisotopic (exact) mass is 476 g/mol. The number of aliphatic hydroxyl groups excluding tert-OH is 4. The molecule has 0 aliphatic carbocycles. The molecule has 0 spiro atoms. The van der Waals surface area contributed by atoms with Gasteiger partial charge in [0.15, 0.2) is 0 Å². The fourth-order valence-electron chi connectivity index (χ4n) is 4.15. The zero-order valence-corrected chi connectivity index (χ0v) is 19.0. The third-order valence-electron chi connectivity index (χ3n) is 6.24. The van der Waals surface area contributed by atoms with Gasteiger partial charge in [-0.3, -0.25) is 0 Å². The van der Waals surface area contributed by atoms with Crippen LogP contribution < -0.4 is 0 Å². The average molecular weight is 477 g/mol. The van der Waals surface area contributed by atoms with Crippen LogP contribution in [0.4, 0.5) is 8.78 Å². The summed E-state index contributed by atoms with van der Waals surface area (Å²) in [6, 6.07) is 14.3. The molecule has 1 aliphatic heterocycles. The molecule has 0 bridgehead atoms. The second-order valence-corrected chi connectivity index (χ2v) is 9.87. The van der Waals surface area contributed by atoms with Gasteiger partial charge in [0.1, 0.15) is 42.2 Å². The quantitative estimate of drug-likeness (QED) is 0.452. The third kappa shape index (κ3) is 4.47. The Morgan fingerprint density at radius 3 is 2.27 bits per heavy atom. The topological polar surface area (TPSA) is 90.2 Å². The minimum atomic E-state index is -1.52. The molecule has 4 rings (SSSR count). The Hall–Kier alpha value is -2.20. The van der Waals surface area contributed by atoms with Gasteiger partial charge in [-0.1, -0.05) is 32.0 Å². The lowest BCUT2D eigenvalue weighted by atomic mass is 9.81. The molecule has 5 nitrogen and oxygen atoms in total. The summed E-state index contributed by atoms with van der Waals surface area (Å²) < 4.78 is 33.9. The fourth-order valence-corrected chi connectivity index (χ4v) is 5.28. The van der Waals surface area contributed by atoms with E-state index in [9.17, 15) is 24.8 Å². The maximum Gasteiger partial charge on any atom is 0.127 e. The summed E-state index contributed by atoms with van der Waals surface area (Å²) in [7, 11) is 0. The highest BCUT2D eigenvalue weighted by molar-refractivity contribution is 7.15. The Morgan fingerprint density at radius 1 is 0.909 bits per heavy atom. The lowest BCUT2D eigenvalue weighted by Gasteiger charge is -2.40. The Labute approximate surface area is 194 Å². The normalized spacial score (nSPS) is 25.9. The molecule has 2 aromatic carbocycles. The van der Waals surface area contributed by atoms with Crippen molar-refractivity contribution in [1.29, 1.82) is 0 Å². The molecule has 1 saturated heterocycles. The van der Waals surface area contributed by atoms with Crippen LogP contribution in [0.15, 0.2) is 54.6 Å². The van der Waals surface area contributed by atoms with Crippen molar-refractivity contribution in [1.82, 2.24) is 0 Å². The van der Waals surface area contributed by atoms with Crippen molar-refractivity contribution in [2.75, 3.05) is 6.61 Å². The van der Waals surface area contributed by atoms with E-state index in [4.69, 9.17) is 4.74 Å². The van der Waals surface area contributed by atoms with Gasteiger partial charge in [0.2, 0.25) is 0 Å². The molecule has 0 saturated carbocycles. The number of benzene rings is 2. The van der Waals surface area contributed by atoms with Crippen molar-refractivity contribution in [2.24, 2.45) is 0 Å². The van der Waals surface area contributed by atoms with E-state index in [-0.39, 0.29) is 5.82 Å². The lowest BCUT2D eigenvalue weighted by Crippen LogP contribution is -2.55. The van der Waals surface area contributed by atoms with E-state index in [0.717, 1.165) is 15.3 Å². The van der Waals surface area contributed by atoms with Crippen LogP contribution in [0.1, 0.15) is 36.0 Å². The first-order valence-electron chi connectivity index (χ1n) is 10.6. The molecule has 1 fully saturated rings. The summed E-state index contributed by atoms with van der Waals surface area (Å²) in [5, 5.41) is 40.1. The Morgan fingerprint density at radius 2 is 1.61 bits per heavy atom. The minimum Gasteiger partial charge on any atom is -0.394 e. The molecule has 8 heteroatoms. The Kier molecular flexibility index (Phi) is 6.68. The first-order chi connectivity index (χ1) is 15.6. The van der Waals surface area contributed by atoms with Crippen LogP contribution in [0.2, 0.25) is 0 Å². The van der Waals surface area contributed by atoms with E-state index in [1.54, 1.807) is 18.2 Å². The number of aliphatic hydroxyl groups is 4. The molecular weight excluding hydrogens is 450 g/mol. The molecule has 176 valence electrons. The van der Waals surface area contributed by atoms with Gasteiger partial charge in [0.05, 0.1) is 6.61 Å². The number of rotatable bonds is 5. The van der Waals surface area contributed by atoms with Gasteiger partial charge in [-0.2, -0.15) is 0 Å². The van der Waals surface area contributed by atoms with Gasteiger partial charge >= 0.3 is 0 Å². The second kappa shape index (κ2) is 9.21. The first kappa shape index (κ1) is 23.9. The van der Waals surface area contributed by atoms with Crippen LogP contribution in [0.5, 0.6) is 0 Å². The lowest BCUT2D eigenvalue weighted by molar-refractivity contribution is -0.231. The van der Waals surface area contributed by atoms with E-state index >= 15 is 4.39 Å². The summed E-state index contributed by atoms with van der Waals surface area (Å²) in [6.45, 7) is 3.22. The van der Waals surface area contributed by atoms with Crippen LogP contribution in [0.25, 0.3) is 10.4 Å². The standard InChI is InChI=1S/C25H26F2O5S/c1-25(2,20-10-9-19(33-20)13-3-6-15(26)7-4-13)16-11-14(5-8-17(16)27)24-23(31)22(30)21(29)18(12-28)32-24/h3-11,18,21-24,28-31H,12H2,1-2H3/t18-,21-,22+,23-,24+/m1/s1. The van der Waals surface area contributed by atoms with Crippen molar-refractivity contribution in [2.45, 2.75) is 49.8 Å². The second-order valence-electron chi connectivity index (χ2n) is 8.78. The minimum absolute atomic E-state index is 0.317. The van der Waals surface area contributed by atoms with Crippen LogP contribution in [-0.4, -0.2) is 51.4 Å². The van der Waals surface area contributed by atoms with E-state index in [0.29, 0.717) is 11.1 Å². The molecule has 1 aromatic heterocycles. The highest BCUT2D eigenvalue weighted by Gasteiger charge is 2.44. The predicted molar refractivity (Wildman–Crippen MR) is 121 cm³/mol. The molecule has 0 radical (unpaired) electrons. The van der Waals surface area contributed by atoms with E-state index in [1.807, 2.05) is 26.0 Å². The van der Waals surface area contributed by atoms with Gasteiger partial charge < -0.3 is 25.2 Å². The number of hydrogen-bond acceptors (Lipinski definition) is 6. The summed E-state index contributed by atoms with van der Waals surface area (Å²) in [5.74, 6) is -0.756. The van der Waals surface area contributed by atoms with E-state index in [1.165, 1.54) is 35.6 Å². The van der Waals surface area contributed by atoms with Crippen LogP contribution in [0, 0.1) is 11.6 Å². The predicted octanol–water partition coefficient (Wildman–Crippen LogP) is 3.53. The highest BCUT2D eigenvalue weighted by atomic mass is 32.1. The molecule has 33 heavy (non-hydrogen) atoms. The van der Waals surface area contributed by atoms with Crippen molar-refractivity contribution >= 4 is 11.3 Å². The Bertz CT molecular complexity index is 1110. The first-order valence-corrected chi connectivity index (χ1v) is 11.4. The Balaban J connectivity index is 1.68. The summed E-state index contributed by atoms with van der Waals surface area (Å²) in [4.78, 5) is 1.80. The number of ether oxygens (including phenoxy) is 1. The zero-order chi connectivity index (χ0) is 23.9. The van der Waals surface area contributed by atoms with Gasteiger partial charge in [-0.15, -0.1) is 11.3 Å². The highest BCUT2D eigenvalue weighted by Crippen LogP contribution is 2.42. The van der Waals surface area contributed by atoms with Crippen LogP contribution >= 0.6 is 11.3 Å². The maximum absolute atomic E-state index is 15.0. The van der Waals surface area contributed by atoms with Crippen molar-refractivity contribution in [3.8, 4) is 10.4 Å². The molecule has 0 amide bonds. The molecule has 0 unspecified atom stereocenters. The molecule has 4 N–H and O–H groups in total.